The Labute approximate surface area is 134 Å². The summed E-state index contributed by atoms with van der Waals surface area (Å²) in [5.41, 5.74) is 2.93. The number of fused-ring (bicyclic) bond motifs is 1. The number of hydrogen-bond acceptors (Lipinski definition) is 6. The van der Waals surface area contributed by atoms with Gasteiger partial charge in [0.25, 0.3) is 0 Å². The zero-order valence-electron chi connectivity index (χ0n) is 13.4. The Hall–Kier alpha value is -2.62. The second-order valence-corrected chi connectivity index (χ2v) is 5.69. The molecule has 1 aliphatic rings. The molecule has 3 rings (SSSR count). The fourth-order valence-corrected chi connectivity index (χ4v) is 3.04. The summed E-state index contributed by atoms with van der Waals surface area (Å²) in [6.07, 6.45) is 4.41. The summed E-state index contributed by atoms with van der Waals surface area (Å²) in [6.45, 7) is 5.57. The van der Waals surface area contributed by atoms with Gasteiger partial charge in [0.2, 0.25) is 0 Å². The largest absolute Gasteiger partial charge is 0.466 e. The summed E-state index contributed by atoms with van der Waals surface area (Å²) in [6, 6.07) is 2.14. The van der Waals surface area contributed by atoms with Gasteiger partial charge in [-0.25, -0.2) is 4.98 Å². The number of carbonyl (C=O) groups is 1. The van der Waals surface area contributed by atoms with E-state index in [-0.39, 0.29) is 5.97 Å². The molecule has 0 unspecified atom stereocenters. The minimum Gasteiger partial charge on any atom is -0.466 e. The first-order chi connectivity index (χ1) is 11.1. The number of rotatable bonds is 4. The zero-order valence-corrected chi connectivity index (χ0v) is 13.4. The van der Waals surface area contributed by atoms with Gasteiger partial charge in [0.05, 0.1) is 12.8 Å². The molecule has 0 spiro atoms. The third kappa shape index (κ3) is 2.84. The number of nitriles is 1. The number of carbonyl (C=O) groups excluding carboxylic acids is 1. The number of anilines is 1. The first-order valence-corrected chi connectivity index (χ1v) is 7.77. The van der Waals surface area contributed by atoms with Crippen molar-refractivity contribution in [2.24, 2.45) is 0 Å². The molecule has 2 aromatic heterocycles. The fraction of sp³-hybridized carbons (Fsp3) is 0.500. The highest BCUT2D eigenvalue weighted by Gasteiger charge is 2.23. The average Bonchev–Trinajstić information content (AvgIpc) is 3.16. The molecule has 0 radical (unpaired) electrons. The molecule has 0 aliphatic carbocycles. The summed E-state index contributed by atoms with van der Waals surface area (Å²) in [5, 5.41) is 13.6. The Kier molecular flexibility index (Phi) is 4.15. The zero-order chi connectivity index (χ0) is 16.4. The lowest BCUT2D eigenvalue weighted by Crippen LogP contribution is -2.24. The standard InChI is InChI=1S/C16H19N5O2/c1-11-14(5-8-23-12(2)22)16(20-6-3-4-7-20)21-15(19-11)13(9-17)10-18-21/h10H,3-8H2,1-2H3. The number of esters is 1. The van der Waals surface area contributed by atoms with Crippen molar-refractivity contribution in [2.45, 2.75) is 33.1 Å². The van der Waals surface area contributed by atoms with Crippen LogP contribution < -0.4 is 4.90 Å². The summed E-state index contributed by atoms with van der Waals surface area (Å²) in [4.78, 5) is 17.8. The first-order valence-electron chi connectivity index (χ1n) is 7.77. The van der Waals surface area contributed by atoms with Crippen molar-refractivity contribution in [1.82, 2.24) is 14.6 Å². The third-order valence-electron chi connectivity index (χ3n) is 4.11. The van der Waals surface area contributed by atoms with Crippen LogP contribution in [-0.2, 0) is 16.0 Å². The molecule has 0 N–H and O–H groups in total. The summed E-state index contributed by atoms with van der Waals surface area (Å²) >= 11 is 0. The van der Waals surface area contributed by atoms with Gasteiger partial charge in [0.15, 0.2) is 5.65 Å². The van der Waals surface area contributed by atoms with E-state index < -0.39 is 0 Å². The molecule has 7 nitrogen and oxygen atoms in total. The molecular weight excluding hydrogens is 294 g/mol. The van der Waals surface area contributed by atoms with Gasteiger partial charge in [-0.05, 0) is 19.8 Å². The van der Waals surface area contributed by atoms with Crippen molar-refractivity contribution < 1.29 is 9.53 Å². The molecule has 3 heterocycles. The van der Waals surface area contributed by atoms with E-state index in [9.17, 15) is 10.1 Å². The quantitative estimate of drug-likeness (QED) is 0.798. The van der Waals surface area contributed by atoms with Crippen LogP contribution in [-0.4, -0.2) is 40.3 Å². The Balaban J connectivity index is 2.09. The number of nitrogens with zero attached hydrogens (tertiary/aromatic N) is 5. The van der Waals surface area contributed by atoms with Crippen LogP contribution in [0, 0.1) is 18.3 Å². The van der Waals surface area contributed by atoms with Crippen LogP contribution in [0.5, 0.6) is 0 Å². The molecule has 0 saturated carbocycles. The molecule has 7 heteroatoms. The maximum Gasteiger partial charge on any atom is 0.302 e. The van der Waals surface area contributed by atoms with E-state index in [0.29, 0.717) is 24.2 Å². The predicted molar refractivity (Wildman–Crippen MR) is 84.2 cm³/mol. The Morgan fingerprint density at radius 3 is 2.83 bits per heavy atom. The SMILES string of the molecule is CC(=O)OCCc1c(C)nc2c(C#N)cnn2c1N1CCCC1. The number of ether oxygens (including phenoxy) is 1. The van der Waals surface area contributed by atoms with Crippen LogP contribution in [0.3, 0.4) is 0 Å². The molecule has 0 atom stereocenters. The monoisotopic (exact) mass is 313 g/mol. The molecule has 2 aromatic rings. The normalized spacial score (nSPS) is 14.2. The van der Waals surface area contributed by atoms with Crippen LogP contribution in [0.2, 0.25) is 0 Å². The van der Waals surface area contributed by atoms with Crippen molar-refractivity contribution in [1.29, 1.82) is 5.26 Å². The van der Waals surface area contributed by atoms with E-state index in [0.717, 1.165) is 43.0 Å². The van der Waals surface area contributed by atoms with Crippen molar-refractivity contribution in [2.75, 3.05) is 24.6 Å². The maximum atomic E-state index is 11.0. The molecule has 0 amide bonds. The third-order valence-corrected chi connectivity index (χ3v) is 4.11. The Bertz CT molecular complexity index is 784. The second kappa shape index (κ2) is 6.24. The minimum absolute atomic E-state index is 0.287. The van der Waals surface area contributed by atoms with Gasteiger partial charge in [-0.2, -0.15) is 14.9 Å². The van der Waals surface area contributed by atoms with E-state index >= 15 is 0 Å². The van der Waals surface area contributed by atoms with Crippen LogP contribution >= 0.6 is 0 Å². The average molecular weight is 313 g/mol. The van der Waals surface area contributed by atoms with Gasteiger partial charge in [0, 0.05) is 37.7 Å². The van der Waals surface area contributed by atoms with E-state index in [2.05, 4.69) is 21.1 Å². The van der Waals surface area contributed by atoms with Crippen LogP contribution in [0.1, 0.15) is 36.6 Å². The van der Waals surface area contributed by atoms with E-state index in [4.69, 9.17) is 4.74 Å². The molecule has 120 valence electrons. The predicted octanol–water partition coefficient (Wildman–Crippen LogP) is 1.62. The van der Waals surface area contributed by atoms with Gasteiger partial charge in [0.1, 0.15) is 17.5 Å². The lowest BCUT2D eigenvalue weighted by atomic mass is 10.1. The van der Waals surface area contributed by atoms with Gasteiger partial charge < -0.3 is 9.64 Å². The molecule has 0 aromatic carbocycles. The molecule has 1 saturated heterocycles. The second-order valence-electron chi connectivity index (χ2n) is 5.69. The van der Waals surface area contributed by atoms with Gasteiger partial charge in [-0.3, -0.25) is 4.79 Å². The van der Waals surface area contributed by atoms with E-state index in [1.54, 1.807) is 10.7 Å². The summed E-state index contributed by atoms with van der Waals surface area (Å²) < 4.78 is 6.84. The van der Waals surface area contributed by atoms with Gasteiger partial charge >= 0.3 is 5.97 Å². The molecule has 0 bridgehead atoms. The molecular formula is C16H19N5O2. The first kappa shape index (κ1) is 15.3. The molecule has 1 fully saturated rings. The maximum absolute atomic E-state index is 11.0. The van der Waals surface area contributed by atoms with Crippen molar-refractivity contribution in [3.05, 3.63) is 23.0 Å². The van der Waals surface area contributed by atoms with Crippen molar-refractivity contribution in [3.63, 3.8) is 0 Å². The topological polar surface area (TPSA) is 83.5 Å². The highest BCUT2D eigenvalue weighted by Crippen LogP contribution is 2.28. The summed E-state index contributed by atoms with van der Waals surface area (Å²) in [5.74, 6) is 0.684. The van der Waals surface area contributed by atoms with Gasteiger partial charge in [-0.1, -0.05) is 0 Å². The van der Waals surface area contributed by atoms with Crippen LogP contribution in [0.4, 0.5) is 5.82 Å². The smallest absolute Gasteiger partial charge is 0.302 e. The Morgan fingerprint density at radius 2 is 2.17 bits per heavy atom. The summed E-state index contributed by atoms with van der Waals surface area (Å²) in [7, 11) is 0. The molecule has 1 aliphatic heterocycles. The van der Waals surface area contributed by atoms with Gasteiger partial charge in [-0.15, -0.1) is 0 Å². The van der Waals surface area contributed by atoms with Crippen molar-refractivity contribution in [3.8, 4) is 6.07 Å². The van der Waals surface area contributed by atoms with E-state index in [1.807, 2.05) is 6.92 Å². The highest BCUT2D eigenvalue weighted by molar-refractivity contribution is 5.66. The fourth-order valence-electron chi connectivity index (χ4n) is 3.04. The molecule has 23 heavy (non-hydrogen) atoms. The number of aryl methyl sites for hydroxylation is 1. The minimum atomic E-state index is -0.287. The van der Waals surface area contributed by atoms with Crippen molar-refractivity contribution >= 4 is 17.4 Å². The van der Waals surface area contributed by atoms with Crippen LogP contribution in [0.15, 0.2) is 6.20 Å². The number of hydrogen-bond donors (Lipinski definition) is 0. The highest BCUT2D eigenvalue weighted by atomic mass is 16.5. The Morgan fingerprint density at radius 1 is 1.43 bits per heavy atom. The number of aromatic nitrogens is 3. The van der Waals surface area contributed by atoms with E-state index in [1.165, 1.54) is 6.92 Å². The lowest BCUT2D eigenvalue weighted by molar-refractivity contribution is -0.140. The lowest BCUT2D eigenvalue weighted by Gasteiger charge is -2.23. The van der Waals surface area contributed by atoms with Crippen LogP contribution in [0.25, 0.3) is 5.65 Å².